The summed E-state index contributed by atoms with van der Waals surface area (Å²) in [5.74, 6) is -3.66. The first-order valence-electron chi connectivity index (χ1n) is 5.13. The van der Waals surface area contributed by atoms with E-state index in [1.54, 1.807) is 0 Å². The summed E-state index contributed by atoms with van der Waals surface area (Å²) >= 11 is 0. The highest BCUT2D eigenvalue weighted by Gasteiger charge is 2.25. The van der Waals surface area contributed by atoms with Crippen molar-refractivity contribution in [3.63, 3.8) is 0 Å². The summed E-state index contributed by atoms with van der Waals surface area (Å²) in [5, 5.41) is 16.2. The van der Waals surface area contributed by atoms with Gasteiger partial charge in [-0.2, -0.15) is 4.98 Å². The fraction of sp³-hybridized carbons (Fsp3) is 0.100. The molecule has 0 fully saturated rings. The van der Waals surface area contributed by atoms with E-state index in [2.05, 4.69) is 14.7 Å². The Balaban J connectivity index is 2.38. The standard InChI is InChI=1S/C10H6F2N4O4/c1-4-13-10(20-15-4)14-9(17)5-2-6(11)7(12)3-8(5)16(18)19/h2-3H,1H3,(H,13,14,15,17). The predicted molar refractivity (Wildman–Crippen MR) is 60.0 cm³/mol. The molecule has 1 aromatic heterocycles. The number of nitrogens with zero attached hydrogens (tertiary/aromatic N) is 3. The first-order chi connectivity index (χ1) is 9.38. The lowest BCUT2D eigenvalue weighted by atomic mass is 10.1. The molecule has 1 amide bonds. The van der Waals surface area contributed by atoms with Gasteiger partial charge in [-0.25, -0.2) is 8.78 Å². The van der Waals surface area contributed by atoms with Gasteiger partial charge in [-0.15, -0.1) is 0 Å². The van der Waals surface area contributed by atoms with E-state index >= 15 is 0 Å². The Hall–Kier alpha value is -2.91. The highest BCUT2D eigenvalue weighted by molar-refractivity contribution is 6.06. The molecule has 0 saturated carbocycles. The zero-order chi connectivity index (χ0) is 14.9. The monoisotopic (exact) mass is 284 g/mol. The molecule has 0 bridgehead atoms. The summed E-state index contributed by atoms with van der Waals surface area (Å²) in [6.45, 7) is 1.49. The molecule has 0 saturated heterocycles. The molecule has 0 aliphatic heterocycles. The highest BCUT2D eigenvalue weighted by Crippen LogP contribution is 2.23. The lowest BCUT2D eigenvalue weighted by molar-refractivity contribution is -0.385. The lowest BCUT2D eigenvalue weighted by Crippen LogP contribution is -2.15. The van der Waals surface area contributed by atoms with E-state index in [0.29, 0.717) is 12.1 Å². The Bertz CT molecular complexity index is 701. The Labute approximate surface area is 109 Å². The van der Waals surface area contributed by atoms with Gasteiger partial charge in [-0.05, 0) is 13.0 Å². The number of anilines is 1. The Morgan fingerprint density at radius 2 is 2.05 bits per heavy atom. The van der Waals surface area contributed by atoms with Crippen molar-refractivity contribution in [2.45, 2.75) is 6.92 Å². The average molecular weight is 284 g/mol. The molecule has 1 aromatic carbocycles. The van der Waals surface area contributed by atoms with Gasteiger partial charge in [0, 0.05) is 0 Å². The van der Waals surface area contributed by atoms with Crippen molar-refractivity contribution >= 4 is 17.6 Å². The molecule has 10 heteroatoms. The van der Waals surface area contributed by atoms with Crippen molar-refractivity contribution in [1.82, 2.24) is 10.1 Å². The van der Waals surface area contributed by atoms with Crippen LogP contribution in [0.2, 0.25) is 0 Å². The van der Waals surface area contributed by atoms with Gasteiger partial charge in [-0.1, -0.05) is 5.16 Å². The summed E-state index contributed by atoms with van der Waals surface area (Å²) in [5.41, 5.74) is -1.54. The Kier molecular flexibility index (Phi) is 3.37. The van der Waals surface area contributed by atoms with Crippen molar-refractivity contribution in [3.05, 3.63) is 45.3 Å². The number of nitrogens with one attached hydrogen (secondary N) is 1. The van der Waals surface area contributed by atoms with E-state index in [0.717, 1.165) is 0 Å². The minimum absolute atomic E-state index is 0.222. The van der Waals surface area contributed by atoms with Crippen LogP contribution in [0.1, 0.15) is 16.2 Å². The van der Waals surface area contributed by atoms with Crippen molar-refractivity contribution < 1.29 is 23.0 Å². The molecule has 1 heterocycles. The Morgan fingerprint density at radius 1 is 1.40 bits per heavy atom. The maximum Gasteiger partial charge on any atom is 0.328 e. The van der Waals surface area contributed by atoms with Gasteiger partial charge in [0.25, 0.3) is 11.6 Å². The maximum absolute atomic E-state index is 13.1. The van der Waals surface area contributed by atoms with Crippen molar-refractivity contribution in [2.24, 2.45) is 0 Å². The molecule has 0 radical (unpaired) electrons. The Morgan fingerprint density at radius 3 is 2.60 bits per heavy atom. The quantitative estimate of drug-likeness (QED) is 0.679. The molecule has 104 valence electrons. The number of amides is 1. The number of hydrogen-bond acceptors (Lipinski definition) is 6. The lowest BCUT2D eigenvalue weighted by Gasteiger charge is -2.03. The number of hydrogen-bond donors (Lipinski definition) is 1. The van der Waals surface area contributed by atoms with Crippen molar-refractivity contribution in [1.29, 1.82) is 0 Å². The number of benzene rings is 1. The molecule has 0 atom stereocenters. The molecular weight excluding hydrogens is 278 g/mol. The molecule has 2 rings (SSSR count). The predicted octanol–water partition coefficient (Wildman–Crippen LogP) is 1.82. The zero-order valence-electron chi connectivity index (χ0n) is 9.89. The van der Waals surface area contributed by atoms with Crippen LogP contribution < -0.4 is 5.32 Å². The van der Waals surface area contributed by atoms with Gasteiger partial charge in [-0.3, -0.25) is 20.2 Å². The van der Waals surface area contributed by atoms with E-state index in [-0.39, 0.29) is 11.8 Å². The number of aromatic nitrogens is 2. The maximum atomic E-state index is 13.1. The van der Waals surface area contributed by atoms with Crippen LogP contribution in [-0.2, 0) is 0 Å². The van der Waals surface area contributed by atoms with Crippen molar-refractivity contribution in [2.75, 3.05) is 5.32 Å². The van der Waals surface area contributed by atoms with Crippen LogP contribution in [0.15, 0.2) is 16.7 Å². The van der Waals surface area contributed by atoms with Crippen molar-refractivity contribution in [3.8, 4) is 0 Å². The summed E-state index contributed by atoms with van der Waals surface area (Å²) in [4.78, 5) is 25.2. The zero-order valence-corrected chi connectivity index (χ0v) is 9.89. The fourth-order valence-electron chi connectivity index (χ4n) is 1.38. The normalized spacial score (nSPS) is 10.3. The number of aryl methyl sites for hydroxylation is 1. The van der Waals surface area contributed by atoms with Gasteiger partial charge in [0.1, 0.15) is 5.56 Å². The van der Waals surface area contributed by atoms with Gasteiger partial charge >= 0.3 is 6.01 Å². The number of rotatable bonds is 3. The topological polar surface area (TPSA) is 111 Å². The molecule has 8 nitrogen and oxygen atoms in total. The van der Waals surface area contributed by atoms with Gasteiger partial charge in [0.2, 0.25) is 0 Å². The second-order valence-electron chi connectivity index (χ2n) is 3.64. The molecule has 0 aliphatic carbocycles. The third kappa shape index (κ3) is 2.58. The minimum Gasteiger partial charge on any atom is -0.315 e. The second-order valence-corrected chi connectivity index (χ2v) is 3.64. The van der Waals surface area contributed by atoms with Gasteiger partial charge < -0.3 is 4.52 Å². The first kappa shape index (κ1) is 13.5. The van der Waals surface area contributed by atoms with Gasteiger partial charge in [0.15, 0.2) is 17.5 Å². The van der Waals surface area contributed by atoms with E-state index < -0.39 is 33.7 Å². The number of carbonyl (C=O) groups is 1. The smallest absolute Gasteiger partial charge is 0.315 e. The van der Waals surface area contributed by atoms with Crippen LogP contribution in [0.3, 0.4) is 0 Å². The van der Waals surface area contributed by atoms with E-state index in [1.165, 1.54) is 6.92 Å². The molecule has 1 N–H and O–H groups in total. The molecule has 0 unspecified atom stereocenters. The van der Waals surface area contributed by atoms with E-state index in [9.17, 15) is 23.7 Å². The van der Waals surface area contributed by atoms with Gasteiger partial charge in [0.05, 0.1) is 11.0 Å². The third-order valence-electron chi connectivity index (χ3n) is 2.23. The average Bonchev–Trinajstić information content (AvgIpc) is 2.77. The largest absolute Gasteiger partial charge is 0.328 e. The minimum atomic E-state index is -1.43. The second kappa shape index (κ2) is 4.99. The molecule has 20 heavy (non-hydrogen) atoms. The van der Waals surface area contributed by atoms with Crippen LogP contribution in [0.25, 0.3) is 0 Å². The fourth-order valence-corrected chi connectivity index (χ4v) is 1.38. The van der Waals surface area contributed by atoms with Crippen LogP contribution in [0, 0.1) is 28.7 Å². The highest BCUT2D eigenvalue weighted by atomic mass is 19.2. The summed E-state index contributed by atoms with van der Waals surface area (Å²) in [6, 6.07) is 0.432. The summed E-state index contributed by atoms with van der Waals surface area (Å²) < 4.78 is 30.6. The molecule has 0 aliphatic rings. The number of halogens is 2. The molecular formula is C10H6F2N4O4. The summed E-state index contributed by atoms with van der Waals surface area (Å²) in [6.07, 6.45) is 0. The third-order valence-corrected chi connectivity index (χ3v) is 2.23. The molecule has 0 spiro atoms. The van der Waals surface area contributed by atoms with Crippen LogP contribution >= 0.6 is 0 Å². The molecule has 2 aromatic rings. The number of carbonyl (C=O) groups excluding carboxylic acids is 1. The van der Waals surface area contributed by atoms with Crippen LogP contribution in [0.4, 0.5) is 20.5 Å². The van der Waals surface area contributed by atoms with E-state index in [4.69, 9.17) is 0 Å². The van der Waals surface area contributed by atoms with Crippen LogP contribution in [0.5, 0.6) is 0 Å². The number of nitro groups is 1. The SMILES string of the molecule is Cc1noc(NC(=O)c2cc(F)c(F)cc2[N+](=O)[O-])n1. The number of nitro benzene ring substituents is 1. The van der Waals surface area contributed by atoms with E-state index in [1.807, 2.05) is 5.32 Å². The summed E-state index contributed by atoms with van der Waals surface area (Å²) in [7, 11) is 0. The van der Waals surface area contributed by atoms with Crippen LogP contribution in [-0.4, -0.2) is 21.0 Å². The first-order valence-corrected chi connectivity index (χ1v) is 5.13.